The first-order valence-corrected chi connectivity index (χ1v) is 10.3. The number of anilines is 3. The Bertz CT molecular complexity index is 879. The molecular formula is C23H29N3O4. The number of carbonyl (C=O) groups is 2. The van der Waals surface area contributed by atoms with Crippen molar-refractivity contribution in [1.82, 2.24) is 0 Å². The normalized spacial score (nSPS) is 15.5. The van der Waals surface area contributed by atoms with Gasteiger partial charge in [-0.3, -0.25) is 9.59 Å². The summed E-state index contributed by atoms with van der Waals surface area (Å²) in [6.07, 6.45) is 2.65. The standard InChI is InChI=1S/C23H29N3O4/c1-3-22(27)26-21-13-17(10-9-16(21)2)24-14-23(28)25-18-6-4-7-19(12-18)30-15-20-8-5-11-29-20/h4,6-7,9-10,12-13,20,24H,3,5,8,11,14-15H2,1-2H3,(H,25,28)(H,26,27). The molecule has 1 atom stereocenters. The van der Waals surface area contributed by atoms with Gasteiger partial charge >= 0.3 is 0 Å². The van der Waals surface area contributed by atoms with Crippen molar-refractivity contribution in [1.29, 1.82) is 0 Å². The first-order valence-electron chi connectivity index (χ1n) is 10.3. The van der Waals surface area contributed by atoms with Crippen molar-refractivity contribution in [2.24, 2.45) is 0 Å². The average molecular weight is 412 g/mol. The summed E-state index contributed by atoms with van der Waals surface area (Å²) < 4.78 is 11.3. The molecule has 7 nitrogen and oxygen atoms in total. The lowest BCUT2D eigenvalue weighted by Crippen LogP contribution is -2.22. The molecule has 0 bridgehead atoms. The molecule has 1 aliphatic heterocycles. The number of amides is 2. The highest BCUT2D eigenvalue weighted by Gasteiger charge is 2.16. The Labute approximate surface area is 177 Å². The first kappa shape index (κ1) is 21.6. The lowest BCUT2D eigenvalue weighted by atomic mass is 10.1. The fourth-order valence-corrected chi connectivity index (χ4v) is 3.12. The Morgan fingerprint density at radius 3 is 2.73 bits per heavy atom. The fourth-order valence-electron chi connectivity index (χ4n) is 3.12. The molecule has 2 aromatic rings. The molecule has 0 spiro atoms. The lowest BCUT2D eigenvalue weighted by molar-refractivity contribution is -0.116. The van der Waals surface area contributed by atoms with Crippen LogP contribution >= 0.6 is 0 Å². The molecule has 7 heteroatoms. The number of nitrogens with one attached hydrogen (secondary N) is 3. The lowest BCUT2D eigenvalue weighted by Gasteiger charge is -2.13. The van der Waals surface area contributed by atoms with Gasteiger partial charge in [-0.2, -0.15) is 0 Å². The van der Waals surface area contributed by atoms with Gasteiger partial charge in [0.2, 0.25) is 11.8 Å². The third-order valence-corrected chi connectivity index (χ3v) is 4.86. The highest BCUT2D eigenvalue weighted by Crippen LogP contribution is 2.21. The Morgan fingerprint density at radius 1 is 1.10 bits per heavy atom. The highest BCUT2D eigenvalue weighted by molar-refractivity contribution is 5.94. The Balaban J connectivity index is 1.50. The Kier molecular flexibility index (Phi) is 7.68. The number of benzene rings is 2. The molecule has 1 heterocycles. The van der Waals surface area contributed by atoms with E-state index >= 15 is 0 Å². The number of rotatable bonds is 9. The number of hydrogen-bond donors (Lipinski definition) is 3. The molecule has 3 rings (SSSR count). The van der Waals surface area contributed by atoms with Crippen LogP contribution in [0.25, 0.3) is 0 Å². The second-order valence-corrected chi connectivity index (χ2v) is 7.31. The van der Waals surface area contributed by atoms with Crippen LogP contribution in [-0.4, -0.2) is 37.7 Å². The average Bonchev–Trinajstić information content (AvgIpc) is 3.26. The maximum absolute atomic E-state index is 12.3. The molecule has 1 fully saturated rings. The van der Waals surface area contributed by atoms with Crippen molar-refractivity contribution in [3.8, 4) is 5.75 Å². The summed E-state index contributed by atoms with van der Waals surface area (Å²) in [7, 11) is 0. The zero-order chi connectivity index (χ0) is 21.3. The van der Waals surface area contributed by atoms with Crippen molar-refractivity contribution < 1.29 is 19.1 Å². The van der Waals surface area contributed by atoms with E-state index in [2.05, 4.69) is 16.0 Å². The van der Waals surface area contributed by atoms with Gasteiger partial charge in [-0.05, 0) is 49.6 Å². The van der Waals surface area contributed by atoms with Crippen LogP contribution in [0, 0.1) is 6.92 Å². The molecule has 0 radical (unpaired) electrons. The van der Waals surface area contributed by atoms with E-state index in [-0.39, 0.29) is 24.5 Å². The maximum Gasteiger partial charge on any atom is 0.243 e. The topological polar surface area (TPSA) is 88.7 Å². The fraction of sp³-hybridized carbons (Fsp3) is 0.391. The number of aryl methyl sites for hydroxylation is 1. The van der Waals surface area contributed by atoms with Gasteiger partial charge < -0.3 is 25.4 Å². The minimum absolute atomic E-state index is 0.0467. The van der Waals surface area contributed by atoms with Gasteiger partial charge in [0.05, 0.1) is 12.6 Å². The van der Waals surface area contributed by atoms with Crippen molar-refractivity contribution in [2.75, 3.05) is 35.7 Å². The summed E-state index contributed by atoms with van der Waals surface area (Å²) >= 11 is 0. The van der Waals surface area contributed by atoms with E-state index in [0.717, 1.165) is 36.4 Å². The third-order valence-electron chi connectivity index (χ3n) is 4.86. The SMILES string of the molecule is CCC(=O)Nc1cc(NCC(=O)Nc2cccc(OCC3CCCO3)c2)ccc1C. The van der Waals surface area contributed by atoms with E-state index in [1.54, 1.807) is 13.0 Å². The summed E-state index contributed by atoms with van der Waals surface area (Å²) in [4.78, 5) is 24.0. The molecular weight excluding hydrogens is 382 g/mol. The molecule has 3 N–H and O–H groups in total. The first-order chi connectivity index (χ1) is 14.5. The van der Waals surface area contributed by atoms with Crippen LogP contribution in [0.5, 0.6) is 5.75 Å². The summed E-state index contributed by atoms with van der Waals surface area (Å²) in [6.45, 7) is 5.15. The van der Waals surface area contributed by atoms with E-state index in [4.69, 9.17) is 9.47 Å². The zero-order valence-electron chi connectivity index (χ0n) is 17.5. The maximum atomic E-state index is 12.3. The minimum Gasteiger partial charge on any atom is -0.491 e. The molecule has 0 saturated carbocycles. The predicted molar refractivity (Wildman–Crippen MR) is 118 cm³/mol. The molecule has 1 unspecified atom stereocenters. The largest absolute Gasteiger partial charge is 0.491 e. The minimum atomic E-state index is -0.175. The zero-order valence-corrected chi connectivity index (χ0v) is 17.5. The van der Waals surface area contributed by atoms with Crippen molar-refractivity contribution >= 4 is 28.9 Å². The number of carbonyl (C=O) groups excluding carboxylic acids is 2. The van der Waals surface area contributed by atoms with Crippen molar-refractivity contribution in [2.45, 2.75) is 39.2 Å². The summed E-state index contributed by atoms with van der Waals surface area (Å²) in [5, 5.41) is 8.82. The van der Waals surface area contributed by atoms with Crippen LogP contribution < -0.4 is 20.7 Å². The molecule has 2 amide bonds. The van der Waals surface area contributed by atoms with Crippen LogP contribution in [0.15, 0.2) is 42.5 Å². The van der Waals surface area contributed by atoms with Gasteiger partial charge in [-0.15, -0.1) is 0 Å². The summed E-state index contributed by atoms with van der Waals surface area (Å²) in [5.41, 5.74) is 3.14. The van der Waals surface area contributed by atoms with Crippen molar-refractivity contribution in [3.63, 3.8) is 0 Å². The molecule has 0 aliphatic carbocycles. The third kappa shape index (κ3) is 6.49. The van der Waals surface area contributed by atoms with Gasteiger partial charge in [-0.25, -0.2) is 0 Å². The van der Waals surface area contributed by atoms with E-state index in [1.807, 2.05) is 43.3 Å². The van der Waals surface area contributed by atoms with E-state index < -0.39 is 0 Å². The van der Waals surface area contributed by atoms with E-state index in [0.29, 0.717) is 24.5 Å². The second kappa shape index (κ2) is 10.6. The van der Waals surface area contributed by atoms with Crippen LogP contribution in [-0.2, 0) is 14.3 Å². The van der Waals surface area contributed by atoms with Crippen LogP contribution in [0.1, 0.15) is 31.7 Å². The van der Waals surface area contributed by atoms with Crippen LogP contribution in [0.3, 0.4) is 0 Å². The smallest absolute Gasteiger partial charge is 0.243 e. The second-order valence-electron chi connectivity index (χ2n) is 7.31. The van der Waals surface area contributed by atoms with Gasteiger partial charge in [0.25, 0.3) is 0 Å². The van der Waals surface area contributed by atoms with Gasteiger partial charge in [0.1, 0.15) is 12.4 Å². The van der Waals surface area contributed by atoms with Crippen molar-refractivity contribution in [3.05, 3.63) is 48.0 Å². The monoisotopic (exact) mass is 411 g/mol. The quantitative estimate of drug-likeness (QED) is 0.581. The Hall–Kier alpha value is -3.06. The number of ether oxygens (including phenoxy) is 2. The Morgan fingerprint density at radius 2 is 1.97 bits per heavy atom. The molecule has 1 saturated heterocycles. The molecule has 160 valence electrons. The molecule has 1 aliphatic rings. The van der Waals surface area contributed by atoms with E-state index in [1.165, 1.54) is 0 Å². The molecule has 2 aromatic carbocycles. The predicted octanol–water partition coefficient (Wildman–Crippen LogP) is 3.95. The summed E-state index contributed by atoms with van der Waals surface area (Å²) in [5.74, 6) is 0.478. The van der Waals surface area contributed by atoms with Crippen LogP contribution in [0.2, 0.25) is 0 Å². The molecule has 30 heavy (non-hydrogen) atoms. The van der Waals surface area contributed by atoms with E-state index in [9.17, 15) is 9.59 Å². The number of hydrogen-bond acceptors (Lipinski definition) is 5. The van der Waals surface area contributed by atoms with Gasteiger partial charge in [-0.1, -0.05) is 19.1 Å². The van der Waals surface area contributed by atoms with Gasteiger partial charge in [0, 0.05) is 36.2 Å². The highest BCUT2D eigenvalue weighted by atomic mass is 16.5. The summed E-state index contributed by atoms with van der Waals surface area (Å²) in [6, 6.07) is 12.9. The van der Waals surface area contributed by atoms with Gasteiger partial charge in [0.15, 0.2) is 0 Å². The molecule has 0 aromatic heterocycles. The van der Waals surface area contributed by atoms with Crippen LogP contribution in [0.4, 0.5) is 17.1 Å².